The van der Waals surface area contributed by atoms with Crippen molar-refractivity contribution in [3.63, 3.8) is 0 Å². The molecule has 0 fully saturated rings. The number of aromatic nitrogens is 1. The summed E-state index contributed by atoms with van der Waals surface area (Å²) in [5, 5.41) is 3.51. The number of likely N-dealkylation sites (N-methyl/N-ethyl adjacent to an activating group) is 1. The molecule has 0 bridgehead atoms. The molecule has 0 amide bonds. The molecular formula is C19H20N3+. The van der Waals surface area contributed by atoms with Crippen LogP contribution in [0.1, 0.15) is 11.1 Å². The average Bonchev–Trinajstić information content (AvgIpc) is 3.15. The van der Waals surface area contributed by atoms with E-state index in [1.165, 1.54) is 33.6 Å². The summed E-state index contributed by atoms with van der Waals surface area (Å²) in [5.41, 5.74) is 6.35. The molecule has 1 aromatic carbocycles. The molecule has 0 aliphatic carbocycles. The van der Waals surface area contributed by atoms with E-state index in [2.05, 4.69) is 83.1 Å². The summed E-state index contributed by atoms with van der Waals surface area (Å²) in [4.78, 5) is 0. The molecule has 1 aliphatic heterocycles. The van der Waals surface area contributed by atoms with E-state index in [4.69, 9.17) is 0 Å². The maximum Gasteiger partial charge on any atom is 0.277 e. The first-order chi connectivity index (χ1) is 10.7. The standard InChI is InChI=1S/C19H19N3/c1-14-5-6-15(13-18(14)19-20-8-11-21(19)2)16-7-10-22-9-3-4-17(22)12-16/h3-7,9-10,12-13H,8,11H2,1-2H3/p+1. The Morgan fingerprint density at radius 3 is 2.73 bits per heavy atom. The van der Waals surface area contributed by atoms with Crippen molar-refractivity contribution >= 4 is 11.4 Å². The van der Waals surface area contributed by atoms with E-state index in [1.54, 1.807) is 0 Å². The summed E-state index contributed by atoms with van der Waals surface area (Å²) in [5.74, 6) is 1.24. The molecular weight excluding hydrogens is 270 g/mol. The Hall–Kier alpha value is -2.55. The second-order valence-electron chi connectivity index (χ2n) is 5.98. The third-order valence-electron chi connectivity index (χ3n) is 4.48. The second-order valence-corrected chi connectivity index (χ2v) is 5.98. The minimum Gasteiger partial charge on any atom is -0.324 e. The van der Waals surface area contributed by atoms with Crippen molar-refractivity contribution in [2.24, 2.45) is 0 Å². The zero-order valence-corrected chi connectivity index (χ0v) is 13.0. The summed E-state index contributed by atoms with van der Waals surface area (Å²) in [6.07, 6.45) is 4.20. The number of hydrogen-bond donors (Lipinski definition) is 1. The van der Waals surface area contributed by atoms with Crippen LogP contribution in [0.2, 0.25) is 0 Å². The van der Waals surface area contributed by atoms with Gasteiger partial charge in [0.1, 0.15) is 13.1 Å². The fourth-order valence-corrected chi connectivity index (χ4v) is 3.16. The lowest BCUT2D eigenvalue weighted by atomic mass is 9.99. The summed E-state index contributed by atoms with van der Waals surface area (Å²) < 4.78 is 4.43. The maximum atomic E-state index is 3.51. The molecule has 0 saturated heterocycles. The van der Waals surface area contributed by atoms with E-state index in [-0.39, 0.29) is 0 Å². The number of nitrogens with one attached hydrogen (secondary N) is 1. The molecule has 22 heavy (non-hydrogen) atoms. The number of aryl methyl sites for hydroxylation is 1. The molecule has 110 valence electrons. The molecule has 4 rings (SSSR count). The summed E-state index contributed by atoms with van der Waals surface area (Å²) in [6, 6.07) is 15.4. The first-order valence-corrected chi connectivity index (χ1v) is 7.72. The molecule has 3 heterocycles. The van der Waals surface area contributed by atoms with E-state index in [1.807, 2.05) is 0 Å². The van der Waals surface area contributed by atoms with Crippen LogP contribution in [0, 0.1) is 6.92 Å². The highest BCUT2D eigenvalue weighted by atomic mass is 15.2. The highest BCUT2D eigenvalue weighted by molar-refractivity contribution is 5.98. The van der Waals surface area contributed by atoms with Crippen LogP contribution in [-0.4, -0.2) is 34.9 Å². The average molecular weight is 290 g/mol. The molecule has 1 aliphatic rings. The van der Waals surface area contributed by atoms with Crippen LogP contribution in [0.25, 0.3) is 16.6 Å². The molecule has 3 heteroatoms. The quantitative estimate of drug-likeness (QED) is 0.719. The lowest BCUT2D eigenvalue weighted by molar-refractivity contribution is -0.485. The van der Waals surface area contributed by atoms with Crippen molar-refractivity contribution in [1.82, 2.24) is 9.72 Å². The molecule has 0 saturated carbocycles. The van der Waals surface area contributed by atoms with Gasteiger partial charge < -0.3 is 4.40 Å². The second kappa shape index (κ2) is 5.02. The van der Waals surface area contributed by atoms with Crippen molar-refractivity contribution < 1.29 is 4.58 Å². The molecule has 0 unspecified atom stereocenters. The molecule has 3 aromatic rings. The van der Waals surface area contributed by atoms with Crippen LogP contribution < -0.4 is 5.32 Å². The first-order valence-electron chi connectivity index (χ1n) is 7.72. The van der Waals surface area contributed by atoms with Gasteiger partial charge in [0.25, 0.3) is 5.84 Å². The van der Waals surface area contributed by atoms with Crippen molar-refractivity contribution in [2.45, 2.75) is 6.92 Å². The Balaban J connectivity index is 1.84. The van der Waals surface area contributed by atoms with Gasteiger partial charge in [-0.2, -0.15) is 0 Å². The van der Waals surface area contributed by atoms with Crippen LogP contribution >= 0.6 is 0 Å². The predicted molar refractivity (Wildman–Crippen MR) is 90.7 cm³/mol. The van der Waals surface area contributed by atoms with Gasteiger partial charge in [-0.05, 0) is 53.9 Å². The Morgan fingerprint density at radius 2 is 1.91 bits per heavy atom. The van der Waals surface area contributed by atoms with Gasteiger partial charge in [-0.15, -0.1) is 0 Å². The number of benzene rings is 1. The van der Waals surface area contributed by atoms with E-state index < -0.39 is 0 Å². The molecule has 2 aromatic heterocycles. The van der Waals surface area contributed by atoms with E-state index in [9.17, 15) is 0 Å². The Bertz CT molecular complexity index is 887. The normalized spacial score (nSPS) is 14.6. The van der Waals surface area contributed by atoms with Gasteiger partial charge in [-0.1, -0.05) is 12.1 Å². The lowest BCUT2D eigenvalue weighted by Gasteiger charge is -2.08. The smallest absolute Gasteiger partial charge is 0.277 e. The van der Waals surface area contributed by atoms with Gasteiger partial charge >= 0.3 is 0 Å². The fraction of sp³-hybridized carbons (Fsp3) is 0.211. The Labute approximate surface area is 130 Å². The third kappa shape index (κ3) is 2.10. The largest absolute Gasteiger partial charge is 0.324 e. The van der Waals surface area contributed by atoms with Crippen LogP contribution in [-0.2, 0) is 0 Å². The monoisotopic (exact) mass is 290 g/mol. The zero-order valence-electron chi connectivity index (χ0n) is 13.0. The van der Waals surface area contributed by atoms with Gasteiger partial charge in [0, 0.05) is 17.9 Å². The van der Waals surface area contributed by atoms with Crippen molar-refractivity contribution in [3.8, 4) is 11.1 Å². The van der Waals surface area contributed by atoms with Gasteiger partial charge in [0.15, 0.2) is 0 Å². The highest BCUT2D eigenvalue weighted by Gasteiger charge is 2.21. The van der Waals surface area contributed by atoms with Crippen LogP contribution in [0.3, 0.4) is 0 Å². The van der Waals surface area contributed by atoms with Crippen molar-refractivity contribution in [2.75, 3.05) is 20.1 Å². The highest BCUT2D eigenvalue weighted by Crippen LogP contribution is 2.24. The topological polar surface area (TPSA) is 19.4 Å². The van der Waals surface area contributed by atoms with E-state index >= 15 is 0 Å². The number of fused-ring (bicyclic) bond motifs is 1. The maximum absolute atomic E-state index is 3.51. The van der Waals surface area contributed by atoms with Crippen molar-refractivity contribution in [1.29, 1.82) is 0 Å². The van der Waals surface area contributed by atoms with Gasteiger partial charge in [-0.25, -0.2) is 0 Å². The third-order valence-corrected chi connectivity index (χ3v) is 4.48. The minimum atomic E-state index is 1.02. The van der Waals surface area contributed by atoms with Crippen LogP contribution in [0.4, 0.5) is 0 Å². The SMILES string of the molecule is Cc1ccc(-c2ccn3cccc3c2)cc1C1=[N+](C)CCN1. The summed E-state index contributed by atoms with van der Waals surface area (Å²) in [7, 11) is 2.15. The van der Waals surface area contributed by atoms with Crippen molar-refractivity contribution in [3.05, 3.63) is 66.0 Å². The van der Waals surface area contributed by atoms with E-state index in [0.29, 0.717) is 0 Å². The molecule has 0 spiro atoms. The first kappa shape index (κ1) is 13.1. The number of amidine groups is 1. The van der Waals surface area contributed by atoms with Gasteiger partial charge in [0.05, 0.1) is 12.6 Å². The summed E-state index contributed by atoms with van der Waals surface area (Å²) in [6.45, 7) is 4.26. The van der Waals surface area contributed by atoms with E-state index in [0.717, 1.165) is 13.1 Å². The molecule has 3 nitrogen and oxygen atoms in total. The summed E-state index contributed by atoms with van der Waals surface area (Å²) >= 11 is 0. The number of nitrogens with zero attached hydrogens (tertiary/aromatic N) is 2. The number of hydrogen-bond acceptors (Lipinski definition) is 1. The lowest BCUT2D eigenvalue weighted by Crippen LogP contribution is -2.23. The zero-order chi connectivity index (χ0) is 15.1. The Kier molecular flexibility index (Phi) is 3.00. The molecule has 0 radical (unpaired) electrons. The molecule has 1 N–H and O–H groups in total. The van der Waals surface area contributed by atoms with Crippen LogP contribution in [0.15, 0.2) is 54.9 Å². The minimum absolute atomic E-state index is 1.02. The fourth-order valence-electron chi connectivity index (χ4n) is 3.16. The Morgan fingerprint density at radius 1 is 1.05 bits per heavy atom. The van der Waals surface area contributed by atoms with Gasteiger partial charge in [-0.3, -0.25) is 9.89 Å². The number of pyridine rings is 1. The van der Waals surface area contributed by atoms with Gasteiger partial charge in [0.2, 0.25) is 0 Å². The predicted octanol–water partition coefficient (Wildman–Crippen LogP) is 2.91. The number of rotatable bonds is 2. The van der Waals surface area contributed by atoms with Crippen LogP contribution in [0.5, 0.6) is 0 Å². The molecule has 0 atom stereocenters.